The highest BCUT2D eigenvalue weighted by molar-refractivity contribution is 7.88. The first-order chi connectivity index (χ1) is 14.2. The number of guanidine groups is 1. The first kappa shape index (κ1) is 23.0. The van der Waals surface area contributed by atoms with Crippen LogP contribution in [0.2, 0.25) is 0 Å². The average molecular weight is 436 g/mol. The van der Waals surface area contributed by atoms with Gasteiger partial charge in [0.1, 0.15) is 0 Å². The summed E-state index contributed by atoms with van der Waals surface area (Å²) in [4.78, 5) is 9.48. The Morgan fingerprint density at radius 3 is 2.60 bits per heavy atom. The van der Waals surface area contributed by atoms with Crippen molar-refractivity contribution in [3.05, 3.63) is 35.9 Å². The van der Waals surface area contributed by atoms with Crippen molar-refractivity contribution in [1.82, 2.24) is 19.8 Å². The van der Waals surface area contributed by atoms with Gasteiger partial charge in [0.25, 0.3) is 0 Å². The molecule has 2 unspecified atom stereocenters. The molecule has 8 heteroatoms. The molecule has 2 atom stereocenters. The first-order valence-electron chi connectivity index (χ1n) is 10.9. The predicted molar refractivity (Wildman–Crippen MR) is 123 cm³/mol. The standard InChI is InChI=1S/C22H37N5O2S/c1-22(2,25-30(4,28)29)17-24-21(23-3)27-14-12-20-19(16-27)11-8-13-26(20)15-18-9-6-5-7-10-18/h5-7,9-10,19-20,25H,8,11-17H2,1-4H3,(H,23,24). The van der Waals surface area contributed by atoms with Gasteiger partial charge < -0.3 is 10.2 Å². The number of sulfonamides is 1. The Morgan fingerprint density at radius 1 is 1.20 bits per heavy atom. The number of piperidine rings is 2. The summed E-state index contributed by atoms with van der Waals surface area (Å²) in [6.45, 7) is 8.40. The highest BCUT2D eigenvalue weighted by Gasteiger charge is 2.37. The van der Waals surface area contributed by atoms with Crippen LogP contribution < -0.4 is 10.0 Å². The zero-order chi connectivity index (χ0) is 21.8. The molecule has 0 spiro atoms. The zero-order valence-electron chi connectivity index (χ0n) is 18.8. The molecule has 0 aliphatic carbocycles. The van der Waals surface area contributed by atoms with Gasteiger partial charge >= 0.3 is 0 Å². The van der Waals surface area contributed by atoms with E-state index in [2.05, 4.69) is 55.2 Å². The average Bonchev–Trinajstić information content (AvgIpc) is 2.67. The summed E-state index contributed by atoms with van der Waals surface area (Å²) in [5, 5.41) is 3.38. The number of aliphatic imine (C=N–C) groups is 1. The van der Waals surface area contributed by atoms with Gasteiger partial charge in [0.2, 0.25) is 10.0 Å². The van der Waals surface area contributed by atoms with Crippen LogP contribution in [0.15, 0.2) is 35.3 Å². The lowest BCUT2D eigenvalue weighted by atomic mass is 9.83. The van der Waals surface area contributed by atoms with Gasteiger partial charge in [-0.1, -0.05) is 30.3 Å². The van der Waals surface area contributed by atoms with Crippen molar-refractivity contribution in [3.63, 3.8) is 0 Å². The van der Waals surface area contributed by atoms with Gasteiger partial charge in [0.05, 0.1) is 6.26 Å². The molecular formula is C22H37N5O2S. The maximum Gasteiger partial charge on any atom is 0.209 e. The molecule has 0 bridgehead atoms. The highest BCUT2D eigenvalue weighted by Crippen LogP contribution is 2.31. The van der Waals surface area contributed by atoms with Crippen LogP contribution in [-0.2, 0) is 16.6 Å². The summed E-state index contributed by atoms with van der Waals surface area (Å²) in [5.41, 5.74) is 0.803. The molecule has 3 rings (SSSR count). The monoisotopic (exact) mass is 435 g/mol. The van der Waals surface area contributed by atoms with Crippen molar-refractivity contribution < 1.29 is 8.42 Å². The number of hydrogen-bond acceptors (Lipinski definition) is 4. The lowest BCUT2D eigenvalue weighted by Crippen LogP contribution is -2.58. The Morgan fingerprint density at radius 2 is 1.93 bits per heavy atom. The second kappa shape index (κ2) is 9.66. The van der Waals surface area contributed by atoms with Crippen LogP contribution in [-0.4, -0.2) is 75.2 Å². The highest BCUT2D eigenvalue weighted by atomic mass is 32.2. The van der Waals surface area contributed by atoms with Gasteiger partial charge in [-0.25, -0.2) is 13.1 Å². The van der Waals surface area contributed by atoms with Gasteiger partial charge in [-0.15, -0.1) is 0 Å². The maximum absolute atomic E-state index is 11.6. The molecule has 2 fully saturated rings. The van der Waals surface area contributed by atoms with Crippen molar-refractivity contribution >= 4 is 16.0 Å². The van der Waals surface area contributed by atoms with Gasteiger partial charge in [-0.3, -0.25) is 9.89 Å². The van der Waals surface area contributed by atoms with Crippen LogP contribution in [0.1, 0.15) is 38.7 Å². The minimum Gasteiger partial charge on any atom is -0.354 e. The Bertz CT molecular complexity index is 825. The van der Waals surface area contributed by atoms with E-state index in [0.717, 1.165) is 32.0 Å². The molecule has 1 aromatic rings. The zero-order valence-corrected chi connectivity index (χ0v) is 19.6. The second-order valence-corrected chi connectivity index (χ2v) is 11.1. The SMILES string of the molecule is CN=C(NCC(C)(C)NS(C)(=O)=O)N1CCC2C(CCCN2Cc2ccccc2)C1. The number of benzene rings is 1. The van der Waals surface area contributed by atoms with Crippen LogP contribution in [0, 0.1) is 5.92 Å². The van der Waals surface area contributed by atoms with Crippen molar-refractivity contribution in [2.75, 3.05) is 39.5 Å². The largest absolute Gasteiger partial charge is 0.354 e. The molecule has 168 valence electrons. The van der Waals surface area contributed by atoms with E-state index >= 15 is 0 Å². The van der Waals surface area contributed by atoms with Crippen molar-refractivity contribution in [3.8, 4) is 0 Å². The lowest BCUT2D eigenvalue weighted by molar-refractivity contribution is 0.0372. The Labute approximate surface area is 182 Å². The van der Waals surface area contributed by atoms with Gasteiger partial charge in [0.15, 0.2) is 5.96 Å². The molecule has 1 aromatic carbocycles. The van der Waals surface area contributed by atoms with Crippen molar-refractivity contribution in [2.24, 2.45) is 10.9 Å². The van der Waals surface area contributed by atoms with E-state index in [1.807, 2.05) is 13.8 Å². The minimum absolute atomic E-state index is 0.484. The topological polar surface area (TPSA) is 77.0 Å². The van der Waals surface area contributed by atoms with E-state index in [9.17, 15) is 8.42 Å². The van der Waals surface area contributed by atoms with Crippen molar-refractivity contribution in [1.29, 1.82) is 0 Å². The summed E-state index contributed by atoms with van der Waals surface area (Å²) < 4.78 is 25.9. The summed E-state index contributed by atoms with van der Waals surface area (Å²) in [7, 11) is -1.46. The fraction of sp³-hybridized carbons (Fsp3) is 0.682. The molecule has 0 saturated carbocycles. The Kier molecular flexibility index (Phi) is 7.42. The normalized spacial score (nSPS) is 23.9. The van der Waals surface area contributed by atoms with Gasteiger partial charge in [0, 0.05) is 44.8 Å². The van der Waals surface area contributed by atoms with Crippen LogP contribution in [0.3, 0.4) is 0 Å². The molecule has 2 aliphatic rings. The van der Waals surface area contributed by atoms with E-state index in [4.69, 9.17) is 0 Å². The molecule has 2 aliphatic heterocycles. The van der Waals surface area contributed by atoms with Crippen LogP contribution in [0.4, 0.5) is 0 Å². The number of nitrogens with one attached hydrogen (secondary N) is 2. The molecule has 30 heavy (non-hydrogen) atoms. The first-order valence-corrected chi connectivity index (χ1v) is 12.8. The fourth-order valence-electron chi connectivity index (χ4n) is 4.88. The Hall–Kier alpha value is -1.64. The minimum atomic E-state index is -3.26. The van der Waals surface area contributed by atoms with Crippen LogP contribution in [0.5, 0.6) is 0 Å². The van der Waals surface area contributed by atoms with Gasteiger partial charge in [-0.05, 0) is 51.1 Å². The smallest absolute Gasteiger partial charge is 0.209 e. The molecule has 7 nitrogen and oxygen atoms in total. The molecule has 0 radical (unpaired) electrons. The van der Waals surface area contributed by atoms with Crippen LogP contribution >= 0.6 is 0 Å². The fourth-order valence-corrected chi connectivity index (χ4v) is 5.96. The second-order valence-electron chi connectivity index (χ2n) is 9.32. The molecule has 2 heterocycles. The van der Waals surface area contributed by atoms with E-state index in [0.29, 0.717) is 18.5 Å². The maximum atomic E-state index is 11.6. The van der Waals surface area contributed by atoms with E-state index in [-0.39, 0.29) is 0 Å². The third-order valence-electron chi connectivity index (χ3n) is 6.07. The molecule has 0 aromatic heterocycles. The number of fused-ring (bicyclic) bond motifs is 1. The Balaban J connectivity index is 1.58. The third-order valence-corrected chi connectivity index (χ3v) is 7.00. The molecule has 2 saturated heterocycles. The molecular weight excluding hydrogens is 398 g/mol. The number of likely N-dealkylation sites (tertiary alicyclic amines) is 2. The number of nitrogens with zero attached hydrogens (tertiary/aromatic N) is 3. The molecule has 0 amide bonds. The predicted octanol–water partition coefficient (Wildman–Crippen LogP) is 1.88. The van der Waals surface area contributed by atoms with E-state index in [1.54, 1.807) is 7.05 Å². The lowest BCUT2D eigenvalue weighted by Gasteiger charge is -2.48. The van der Waals surface area contributed by atoms with E-state index in [1.165, 1.54) is 31.2 Å². The van der Waals surface area contributed by atoms with E-state index < -0.39 is 15.6 Å². The summed E-state index contributed by atoms with van der Waals surface area (Å²) in [5.74, 6) is 1.49. The molecule has 2 N–H and O–H groups in total. The summed E-state index contributed by atoms with van der Waals surface area (Å²) in [6, 6.07) is 11.4. The summed E-state index contributed by atoms with van der Waals surface area (Å²) in [6.07, 6.45) is 4.81. The summed E-state index contributed by atoms with van der Waals surface area (Å²) >= 11 is 0. The van der Waals surface area contributed by atoms with Gasteiger partial charge in [-0.2, -0.15) is 0 Å². The van der Waals surface area contributed by atoms with Crippen molar-refractivity contribution in [2.45, 2.75) is 51.2 Å². The number of hydrogen-bond donors (Lipinski definition) is 2. The third kappa shape index (κ3) is 6.43. The number of rotatable bonds is 6. The quantitative estimate of drug-likeness (QED) is 0.527. The van der Waals surface area contributed by atoms with Crippen LogP contribution in [0.25, 0.3) is 0 Å².